The van der Waals surface area contributed by atoms with Gasteiger partial charge in [0.05, 0.1) is 6.04 Å². The number of hydrogen-bond donors (Lipinski definition) is 1. The average molecular weight is 357 g/mol. The number of halogens is 1. The largest absolute Gasteiger partial charge is 0.357 e. The van der Waals surface area contributed by atoms with Crippen LogP contribution >= 0.6 is 22.9 Å². The molecule has 1 N–H and O–H groups in total. The van der Waals surface area contributed by atoms with E-state index in [4.69, 9.17) is 11.6 Å². The van der Waals surface area contributed by atoms with Gasteiger partial charge in [0, 0.05) is 45.3 Å². The second kappa shape index (κ2) is 5.91. The van der Waals surface area contributed by atoms with Crippen molar-refractivity contribution in [2.75, 3.05) is 12.4 Å². The number of hydrogen-bond acceptors (Lipinski definition) is 2. The van der Waals surface area contributed by atoms with Crippen molar-refractivity contribution in [3.05, 3.63) is 56.9 Å². The Labute approximate surface area is 151 Å². The van der Waals surface area contributed by atoms with E-state index in [0.717, 1.165) is 25.3 Å². The molecule has 2 nitrogen and oxygen atoms in total. The molecule has 24 heavy (non-hydrogen) atoms. The predicted octanol–water partition coefficient (Wildman–Crippen LogP) is 5.06. The first-order chi connectivity index (χ1) is 11.8. The maximum Gasteiger partial charge on any atom is 0.0508 e. The molecule has 0 saturated heterocycles. The molecule has 2 aromatic heterocycles. The Morgan fingerprint density at radius 1 is 1.25 bits per heavy atom. The molecule has 0 bridgehead atoms. The van der Waals surface area contributed by atoms with Crippen LogP contribution in [0, 0.1) is 0 Å². The van der Waals surface area contributed by atoms with E-state index in [1.54, 1.807) is 16.0 Å². The van der Waals surface area contributed by atoms with Crippen molar-refractivity contribution < 1.29 is 0 Å². The van der Waals surface area contributed by atoms with Gasteiger partial charge < -0.3 is 4.98 Å². The van der Waals surface area contributed by atoms with Gasteiger partial charge in [-0.1, -0.05) is 18.2 Å². The van der Waals surface area contributed by atoms with Crippen LogP contribution in [0.4, 0.5) is 0 Å². The molecule has 0 amide bonds. The minimum atomic E-state index is 0.539. The normalized spacial score (nSPS) is 20.5. The van der Waals surface area contributed by atoms with Crippen molar-refractivity contribution >= 4 is 33.8 Å². The lowest BCUT2D eigenvalue weighted by Gasteiger charge is -2.34. The minimum Gasteiger partial charge on any atom is -0.357 e. The van der Waals surface area contributed by atoms with Crippen molar-refractivity contribution in [2.45, 2.75) is 38.3 Å². The summed E-state index contributed by atoms with van der Waals surface area (Å²) < 4.78 is 0. The molecule has 1 aromatic carbocycles. The summed E-state index contributed by atoms with van der Waals surface area (Å²) in [7, 11) is 0. The zero-order valence-corrected chi connectivity index (χ0v) is 15.2. The summed E-state index contributed by atoms with van der Waals surface area (Å²) in [6, 6.07) is 11.7. The molecule has 4 heteroatoms. The van der Waals surface area contributed by atoms with Crippen LogP contribution in [0.5, 0.6) is 0 Å². The van der Waals surface area contributed by atoms with Crippen LogP contribution in [0.25, 0.3) is 10.9 Å². The summed E-state index contributed by atoms with van der Waals surface area (Å²) in [6.07, 6.45) is 4.57. The van der Waals surface area contributed by atoms with Gasteiger partial charge in [0.1, 0.15) is 0 Å². The number of benzene rings is 1. The van der Waals surface area contributed by atoms with Gasteiger partial charge in [-0.2, -0.15) is 0 Å². The number of alkyl halides is 1. The lowest BCUT2D eigenvalue weighted by molar-refractivity contribution is 0.171. The van der Waals surface area contributed by atoms with E-state index >= 15 is 0 Å². The van der Waals surface area contributed by atoms with Crippen LogP contribution in [0.2, 0.25) is 0 Å². The smallest absolute Gasteiger partial charge is 0.0508 e. The summed E-state index contributed by atoms with van der Waals surface area (Å²) in [5, 5.41) is 1.43. The molecule has 124 valence electrons. The zero-order valence-electron chi connectivity index (χ0n) is 13.6. The van der Waals surface area contributed by atoms with Crippen LogP contribution in [0.15, 0.2) is 30.3 Å². The van der Waals surface area contributed by atoms with Crippen LogP contribution in [-0.2, 0) is 25.8 Å². The first-order valence-corrected chi connectivity index (χ1v) is 10.2. The molecule has 0 fully saturated rings. The molecule has 0 aliphatic carbocycles. The number of H-pyrrole nitrogens is 1. The van der Waals surface area contributed by atoms with Gasteiger partial charge in [-0.05, 0) is 48.9 Å². The van der Waals surface area contributed by atoms with Crippen molar-refractivity contribution in [1.82, 2.24) is 9.88 Å². The molecular formula is C20H21ClN2S. The average Bonchev–Trinajstić information content (AvgIpc) is 3.10. The highest BCUT2D eigenvalue weighted by molar-refractivity contribution is 7.12. The quantitative estimate of drug-likeness (QED) is 0.636. The highest BCUT2D eigenvalue weighted by Gasteiger charge is 2.32. The van der Waals surface area contributed by atoms with Crippen LogP contribution in [-0.4, -0.2) is 22.3 Å². The highest BCUT2D eigenvalue weighted by atomic mass is 35.5. The molecule has 3 aromatic rings. The summed E-state index contributed by atoms with van der Waals surface area (Å²) in [5.41, 5.74) is 5.87. The number of rotatable bonds is 2. The Kier molecular flexibility index (Phi) is 3.69. The van der Waals surface area contributed by atoms with E-state index in [1.165, 1.54) is 40.9 Å². The van der Waals surface area contributed by atoms with Gasteiger partial charge in [-0.15, -0.1) is 22.9 Å². The van der Waals surface area contributed by atoms with E-state index in [9.17, 15) is 0 Å². The molecule has 0 unspecified atom stereocenters. The highest BCUT2D eigenvalue weighted by Crippen LogP contribution is 2.41. The molecule has 4 heterocycles. The Bertz CT molecular complexity index is 894. The third-order valence-corrected chi connectivity index (χ3v) is 7.06. The zero-order chi connectivity index (χ0) is 16.1. The second-order valence-electron chi connectivity index (χ2n) is 6.94. The number of nitrogens with zero attached hydrogens (tertiary/aromatic N) is 1. The second-order valence-corrected chi connectivity index (χ2v) is 8.54. The molecule has 5 rings (SSSR count). The fourth-order valence-electron chi connectivity index (χ4n) is 4.46. The topological polar surface area (TPSA) is 19.0 Å². The number of nitrogens with one attached hydrogen (secondary N) is 1. The van der Waals surface area contributed by atoms with E-state index in [1.807, 2.05) is 11.3 Å². The Morgan fingerprint density at radius 3 is 3.08 bits per heavy atom. The predicted molar refractivity (Wildman–Crippen MR) is 102 cm³/mol. The van der Waals surface area contributed by atoms with Gasteiger partial charge >= 0.3 is 0 Å². The molecule has 2 aliphatic rings. The van der Waals surface area contributed by atoms with Gasteiger partial charge in [-0.25, -0.2) is 0 Å². The standard InChI is InChI=1S/C20H21ClN2S/c21-9-7-14-11-13-12-23-10-8-16-15-3-1-2-4-17(15)22-20(16)18(23)5-6-19(13)24-14/h1-4,11,18,22H,5-10,12H2/t18-/m0/s1. The summed E-state index contributed by atoms with van der Waals surface area (Å²) >= 11 is 7.91. The summed E-state index contributed by atoms with van der Waals surface area (Å²) in [6.45, 7) is 2.26. The summed E-state index contributed by atoms with van der Waals surface area (Å²) in [5.74, 6) is 0.726. The molecule has 0 saturated carbocycles. The maximum atomic E-state index is 5.93. The first-order valence-electron chi connectivity index (χ1n) is 8.83. The van der Waals surface area contributed by atoms with E-state index in [-0.39, 0.29) is 0 Å². The number of aromatic nitrogens is 1. The van der Waals surface area contributed by atoms with Gasteiger partial charge in [0.2, 0.25) is 0 Å². The van der Waals surface area contributed by atoms with Crippen molar-refractivity contribution in [3.63, 3.8) is 0 Å². The Morgan fingerprint density at radius 2 is 2.17 bits per heavy atom. The van der Waals surface area contributed by atoms with Crippen LogP contribution < -0.4 is 0 Å². The number of thiophene rings is 1. The number of aromatic amines is 1. The lowest BCUT2D eigenvalue weighted by atomic mass is 9.95. The van der Waals surface area contributed by atoms with Crippen molar-refractivity contribution in [3.8, 4) is 0 Å². The molecule has 0 spiro atoms. The lowest BCUT2D eigenvalue weighted by Crippen LogP contribution is -2.34. The van der Waals surface area contributed by atoms with E-state index in [2.05, 4.69) is 40.2 Å². The third kappa shape index (κ3) is 2.33. The van der Waals surface area contributed by atoms with E-state index < -0.39 is 0 Å². The van der Waals surface area contributed by atoms with E-state index in [0.29, 0.717) is 6.04 Å². The first kappa shape index (κ1) is 15.0. The number of aryl methyl sites for hydroxylation is 2. The monoisotopic (exact) mass is 356 g/mol. The fraction of sp³-hybridized carbons (Fsp3) is 0.400. The Balaban J connectivity index is 1.51. The minimum absolute atomic E-state index is 0.539. The van der Waals surface area contributed by atoms with Gasteiger partial charge in [-0.3, -0.25) is 4.90 Å². The van der Waals surface area contributed by atoms with Crippen LogP contribution in [0.3, 0.4) is 0 Å². The third-order valence-electron chi connectivity index (χ3n) is 5.58. The Hall–Kier alpha value is -1.29. The number of fused-ring (bicyclic) bond motifs is 6. The van der Waals surface area contributed by atoms with Crippen molar-refractivity contribution in [2.24, 2.45) is 0 Å². The van der Waals surface area contributed by atoms with Gasteiger partial charge in [0.15, 0.2) is 0 Å². The molecular weight excluding hydrogens is 336 g/mol. The molecule has 1 atom stereocenters. The van der Waals surface area contributed by atoms with Gasteiger partial charge in [0.25, 0.3) is 0 Å². The molecule has 0 radical (unpaired) electrons. The van der Waals surface area contributed by atoms with Crippen molar-refractivity contribution in [1.29, 1.82) is 0 Å². The van der Waals surface area contributed by atoms with Crippen LogP contribution in [0.1, 0.15) is 39.0 Å². The SMILES string of the molecule is ClCCc1cc2c(s1)CC[C@H]1c3[nH]c4ccccc4c3CCN1C2. The molecule has 2 aliphatic heterocycles. The summed E-state index contributed by atoms with van der Waals surface area (Å²) in [4.78, 5) is 9.46. The fourth-order valence-corrected chi connectivity index (χ4v) is 5.97. The number of para-hydroxylation sites is 1. The maximum absolute atomic E-state index is 5.93.